The normalized spacial score (nSPS) is 21.6. The van der Waals surface area contributed by atoms with Crippen molar-refractivity contribution in [1.29, 1.82) is 0 Å². The molecule has 12 atom stereocenters. The maximum absolute atomic E-state index is 13.0. The van der Waals surface area contributed by atoms with E-state index in [9.17, 15) is 79.2 Å². The summed E-state index contributed by atoms with van der Waals surface area (Å²) in [4.78, 5) is 101. The van der Waals surface area contributed by atoms with Crippen LogP contribution in [0, 0.1) is 0 Å². The Labute approximate surface area is 628 Å². The molecule has 0 bridgehead atoms. The third-order valence-electron chi connectivity index (χ3n) is 15.6. The molecule has 0 aliphatic carbocycles. The number of carbonyl (C=O) groups is 8. The first-order valence-corrected chi connectivity index (χ1v) is 33.7. The summed E-state index contributed by atoms with van der Waals surface area (Å²) in [6, 6.07) is 30.3. The van der Waals surface area contributed by atoms with Crippen LogP contribution in [0.2, 0.25) is 10.0 Å². The molecule has 2 fully saturated rings. The molecule has 2 aliphatic heterocycles. The zero-order valence-corrected chi connectivity index (χ0v) is 61.3. The first-order chi connectivity index (χ1) is 45.8. The number of aliphatic hydroxyl groups is 6. The molecule has 32 heteroatoms. The molecule has 2 aliphatic rings. The van der Waals surface area contributed by atoms with Crippen molar-refractivity contribution in [1.82, 2.24) is 31.9 Å². The van der Waals surface area contributed by atoms with E-state index in [2.05, 4.69) is 31.9 Å². The van der Waals surface area contributed by atoms with Crippen LogP contribution < -0.4 is 101 Å². The first kappa shape index (κ1) is 83.4. The smallest absolute Gasteiger partial charge is 0.544 e. The number of halogens is 2. The fourth-order valence-electron chi connectivity index (χ4n) is 10.6. The van der Waals surface area contributed by atoms with Gasteiger partial charge in [0.25, 0.3) is 23.6 Å². The van der Waals surface area contributed by atoms with Gasteiger partial charge in [0.1, 0.15) is 36.4 Å². The quantitative estimate of drug-likeness (QED) is 0.0135. The van der Waals surface area contributed by atoms with Gasteiger partial charge in [-0.1, -0.05) is 83.9 Å². The van der Waals surface area contributed by atoms with Crippen LogP contribution in [0.15, 0.2) is 121 Å². The number of thioether (sulfide) groups is 2. The minimum absolute atomic E-state index is 0. The van der Waals surface area contributed by atoms with E-state index < -0.39 is 146 Å². The average molecular weight is 1450 g/mol. The van der Waals surface area contributed by atoms with E-state index in [-0.39, 0.29) is 121 Å². The zero-order chi connectivity index (χ0) is 69.7. The summed E-state index contributed by atoms with van der Waals surface area (Å²) in [5, 5.41) is 109. The number of benzene rings is 5. The van der Waals surface area contributed by atoms with Crippen molar-refractivity contribution in [2.45, 2.75) is 112 Å². The third-order valence-corrected chi connectivity index (χ3v) is 18.4. The second kappa shape index (κ2) is 40.4. The van der Waals surface area contributed by atoms with Gasteiger partial charge in [0.05, 0.1) is 49.7 Å². The number of carboxylic acid groups (broad SMARTS) is 2. The van der Waals surface area contributed by atoms with Crippen molar-refractivity contribution in [3.63, 3.8) is 0 Å². The minimum Gasteiger partial charge on any atom is -0.544 e. The van der Waals surface area contributed by atoms with Crippen molar-refractivity contribution < 1.29 is 157 Å². The van der Waals surface area contributed by atoms with Crippen molar-refractivity contribution in [3.05, 3.63) is 154 Å². The maximum atomic E-state index is 13.0. The number of carbonyl (C=O) groups excluding carboxylic acids is 8. The van der Waals surface area contributed by atoms with Gasteiger partial charge in [0.2, 0.25) is 23.4 Å². The molecule has 2 saturated heterocycles. The number of amides is 6. The van der Waals surface area contributed by atoms with Crippen LogP contribution >= 0.6 is 46.7 Å². The second-order valence-electron chi connectivity index (χ2n) is 22.6. The molecule has 6 amide bonds. The molecule has 12 N–H and O–H groups in total. The van der Waals surface area contributed by atoms with Gasteiger partial charge in [-0.05, 0) is 96.1 Å². The Kier molecular flexibility index (Phi) is 34.4. The standard InChI is InChI=1S/C66H78Cl2N6O20S2.2Na/c1-37(75)73-53-49(77)33-65(63(87)88,93-57(53)55(81)51(79)35-71-61(85)43-17-13-39(14-18-43)45-9-3-5-11-47(45)67)91-27-7-29-95-31-25-69-59(83)41-21-23-42(24-22-41)60(84)70-26-32-96-30-8-28-92-66(64(89)90)34-50(78)54(74-38(2)76)58(94-66)56(82)52(80)36-72-62(86)44-19-15-40(16-20-44)46-10-4-6-12-48(46)68;;/h3-6,9-24,49-58,77-82H,7-8,25-36H2,1-2H3,(H,69,83)(H,70,84)(H,71,85)(H,72,86)(H,73,75)(H,74,76)(H,87,88)(H,89,90);;/q;2*+1/p-2/t49-,50-,51+,52+,53+,54+,55+,56+,57+,58+,65+,66+;;/m0../s1. The van der Waals surface area contributed by atoms with Gasteiger partial charge in [0.15, 0.2) is 0 Å². The SMILES string of the molecule is CC(=O)N[C@H]1[C@H]([C@H](O)[C@H](O)CNC(=O)c2ccc(-c3ccccc3Cl)cc2)O[C@@](OCCCSCCNC(=O)c2ccc(C(=O)NCCSCCCO[C@]3(C(=O)[O-])C[C@H](O)[C@@H](NC(C)=O)[C@H]([C@H](O)[C@H](O)CNC(=O)c4ccc(-c5ccccc5Cl)cc4)O3)cc2)(C(=O)[O-])C[C@@H]1O.[Na+].[Na+]. The van der Waals surface area contributed by atoms with Gasteiger partial charge < -0.3 is 101 Å². The van der Waals surface area contributed by atoms with Crippen molar-refractivity contribution >= 4 is 94.1 Å². The fourth-order valence-corrected chi connectivity index (χ4v) is 12.6. The fraction of sp³-hybridized carbons (Fsp3) is 0.424. The molecular weight excluding hydrogens is 1380 g/mol. The van der Waals surface area contributed by atoms with Gasteiger partial charge >= 0.3 is 59.1 Å². The number of nitrogens with one attached hydrogen (secondary N) is 6. The van der Waals surface area contributed by atoms with Crippen molar-refractivity contribution in [3.8, 4) is 22.3 Å². The Balaban J connectivity index is 0.00000867. The molecule has 0 saturated carbocycles. The number of aliphatic carboxylic acids is 2. The monoisotopic (exact) mass is 1450 g/mol. The van der Waals surface area contributed by atoms with Crippen molar-refractivity contribution in [2.75, 3.05) is 62.4 Å². The van der Waals surface area contributed by atoms with Crippen molar-refractivity contribution in [2.24, 2.45) is 0 Å². The summed E-state index contributed by atoms with van der Waals surface area (Å²) in [5.74, 6) is -10.7. The number of hydrogen-bond acceptors (Lipinski definition) is 22. The Hall–Kier alpha value is -5.26. The molecule has 0 unspecified atom stereocenters. The number of hydrogen-bond donors (Lipinski definition) is 12. The van der Waals surface area contributed by atoms with Gasteiger partial charge in [-0.25, -0.2) is 0 Å². The molecule has 5 aromatic rings. The average Bonchev–Trinajstić information content (AvgIpc) is 0.775. The molecule has 26 nitrogen and oxygen atoms in total. The topological polar surface area (TPSA) is 413 Å². The Morgan fingerprint density at radius 2 is 0.827 bits per heavy atom. The molecule has 0 aromatic heterocycles. The van der Waals surface area contributed by atoms with Gasteiger partial charge in [-0.2, -0.15) is 23.5 Å². The molecule has 2 heterocycles. The maximum Gasteiger partial charge on any atom is 1.00 e. The van der Waals surface area contributed by atoms with Crippen LogP contribution in [0.3, 0.4) is 0 Å². The van der Waals surface area contributed by atoms with Crippen LogP contribution in [0.5, 0.6) is 0 Å². The molecule has 5 aromatic carbocycles. The summed E-state index contributed by atoms with van der Waals surface area (Å²) in [5.41, 5.74) is 3.99. The van der Waals surface area contributed by atoms with Crippen LogP contribution in [-0.4, -0.2) is 213 Å². The van der Waals surface area contributed by atoms with Crippen LogP contribution in [0.4, 0.5) is 0 Å². The predicted octanol–water partition coefficient (Wildman–Crippen LogP) is -5.42. The largest absolute Gasteiger partial charge is 1.00 e. The minimum atomic E-state index is -2.62. The molecule has 0 spiro atoms. The van der Waals surface area contributed by atoms with Crippen LogP contribution in [0.1, 0.15) is 81.0 Å². The summed E-state index contributed by atoms with van der Waals surface area (Å²) < 4.78 is 22.9. The summed E-state index contributed by atoms with van der Waals surface area (Å²) in [6.45, 7) is 1.15. The van der Waals surface area contributed by atoms with Gasteiger partial charge in [-0.3, -0.25) is 28.8 Å². The molecule has 7 rings (SSSR count). The molecule has 518 valence electrons. The van der Waals surface area contributed by atoms with E-state index in [1.54, 1.807) is 72.8 Å². The Morgan fingerprint density at radius 1 is 0.510 bits per heavy atom. The number of carboxylic acids is 2. The second-order valence-corrected chi connectivity index (χ2v) is 25.9. The van der Waals surface area contributed by atoms with Gasteiger partial charge in [-0.15, -0.1) is 0 Å². The van der Waals surface area contributed by atoms with E-state index in [4.69, 9.17) is 42.1 Å². The third kappa shape index (κ3) is 23.4. The number of aliphatic hydroxyl groups excluding tert-OH is 6. The summed E-state index contributed by atoms with van der Waals surface area (Å²) in [6.07, 6.45) is -15.3. The van der Waals surface area contributed by atoms with Crippen LogP contribution in [0.25, 0.3) is 22.3 Å². The molecular formula is C66H76Cl2N6Na2O20S2. The van der Waals surface area contributed by atoms with E-state index in [0.717, 1.165) is 36.1 Å². The number of ether oxygens (including phenoxy) is 4. The summed E-state index contributed by atoms with van der Waals surface area (Å²) >= 11 is 15.4. The van der Waals surface area contributed by atoms with E-state index in [0.29, 0.717) is 33.1 Å². The summed E-state index contributed by atoms with van der Waals surface area (Å²) in [7, 11) is 0. The van der Waals surface area contributed by atoms with Gasteiger partial charge in [0, 0.05) is 108 Å². The first-order valence-electron chi connectivity index (χ1n) is 30.6. The van der Waals surface area contributed by atoms with Crippen LogP contribution in [-0.2, 0) is 38.1 Å². The molecule has 98 heavy (non-hydrogen) atoms. The van der Waals surface area contributed by atoms with E-state index >= 15 is 0 Å². The predicted molar refractivity (Wildman–Crippen MR) is 351 cm³/mol. The Morgan fingerprint density at radius 3 is 1.14 bits per heavy atom. The molecule has 0 radical (unpaired) electrons. The Bertz CT molecular complexity index is 3260. The van der Waals surface area contributed by atoms with E-state index in [1.165, 1.54) is 47.8 Å². The zero-order valence-electron chi connectivity index (χ0n) is 54.2. The van der Waals surface area contributed by atoms with E-state index in [1.807, 2.05) is 24.3 Å². The number of rotatable bonds is 34.